The predicted molar refractivity (Wildman–Crippen MR) is 144 cm³/mol. The summed E-state index contributed by atoms with van der Waals surface area (Å²) in [5.41, 5.74) is 3.67. The first-order chi connectivity index (χ1) is 15.1. The van der Waals surface area contributed by atoms with Crippen molar-refractivity contribution in [1.82, 2.24) is 10.6 Å². The summed E-state index contributed by atoms with van der Waals surface area (Å²) in [5, 5.41) is 6.92. The standard InChI is InChI=1S/C25H26N2S4/c1-3-18-12-8-10-16-21(18)30-24(28)26-23(20-14-6-5-7-15-20)27-25(29)31-22-17-11-9-13-19(22)4-2/h5-17,23H,3-4H2,1-2H3,(H,26,28)(H,27,29). The number of rotatable bonds is 7. The quantitative estimate of drug-likeness (QED) is 0.211. The highest BCUT2D eigenvalue weighted by atomic mass is 32.2. The Morgan fingerprint density at radius 1 is 0.677 bits per heavy atom. The summed E-state index contributed by atoms with van der Waals surface area (Å²) in [5.74, 6) is 0. The molecule has 0 heterocycles. The number of aryl methyl sites for hydroxylation is 2. The molecule has 0 saturated carbocycles. The molecule has 0 spiro atoms. The van der Waals surface area contributed by atoms with E-state index in [2.05, 4.69) is 73.0 Å². The Labute approximate surface area is 204 Å². The van der Waals surface area contributed by atoms with Gasteiger partial charge in [0.2, 0.25) is 0 Å². The van der Waals surface area contributed by atoms with Crippen LogP contribution in [-0.2, 0) is 12.8 Å². The van der Waals surface area contributed by atoms with E-state index in [1.54, 1.807) is 23.5 Å². The maximum Gasteiger partial charge on any atom is 0.140 e. The van der Waals surface area contributed by atoms with Crippen molar-refractivity contribution in [3.8, 4) is 0 Å². The molecule has 0 saturated heterocycles. The first-order valence-corrected chi connectivity index (χ1v) is 12.7. The van der Waals surface area contributed by atoms with Crippen LogP contribution in [0.2, 0.25) is 0 Å². The summed E-state index contributed by atoms with van der Waals surface area (Å²) in [6.07, 6.45) is 1.75. The zero-order valence-electron chi connectivity index (χ0n) is 17.6. The van der Waals surface area contributed by atoms with Crippen LogP contribution in [0, 0.1) is 0 Å². The molecule has 3 rings (SSSR count). The van der Waals surface area contributed by atoms with Crippen LogP contribution in [0.5, 0.6) is 0 Å². The van der Waals surface area contributed by atoms with E-state index in [-0.39, 0.29) is 6.17 Å². The van der Waals surface area contributed by atoms with Crippen molar-refractivity contribution < 1.29 is 0 Å². The molecule has 0 aliphatic carbocycles. The molecule has 0 radical (unpaired) electrons. The van der Waals surface area contributed by atoms with E-state index < -0.39 is 0 Å². The molecular formula is C25H26N2S4. The van der Waals surface area contributed by atoms with Crippen molar-refractivity contribution in [2.75, 3.05) is 0 Å². The molecular weight excluding hydrogens is 457 g/mol. The highest BCUT2D eigenvalue weighted by Crippen LogP contribution is 2.27. The molecule has 0 aliphatic rings. The molecule has 3 aromatic carbocycles. The Morgan fingerprint density at radius 3 is 1.55 bits per heavy atom. The van der Waals surface area contributed by atoms with Crippen LogP contribution >= 0.6 is 48.0 Å². The number of nitrogens with one attached hydrogen (secondary N) is 2. The maximum atomic E-state index is 5.70. The second kappa shape index (κ2) is 12.2. The summed E-state index contributed by atoms with van der Waals surface area (Å²) in [6, 6.07) is 27.0. The van der Waals surface area contributed by atoms with Gasteiger partial charge in [-0.15, -0.1) is 0 Å². The summed E-state index contributed by atoms with van der Waals surface area (Å²) in [6.45, 7) is 4.32. The second-order valence-electron chi connectivity index (χ2n) is 6.83. The number of benzene rings is 3. The lowest BCUT2D eigenvalue weighted by Crippen LogP contribution is -2.38. The number of hydrogen-bond donors (Lipinski definition) is 2. The van der Waals surface area contributed by atoms with Crippen LogP contribution in [0.15, 0.2) is 88.7 Å². The fraction of sp³-hybridized carbons (Fsp3) is 0.200. The maximum absolute atomic E-state index is 5.70. The fourth-order valence-electron chi connectivity index (χ4n) is 3.13. The Morgan fingerprint density at radius 2 is 1.10 bits per heavy atom. The lowest BCUT2D eigenvalue weighted by Gasteiger charge is -2.23. The summed E-state index contributed by atoms with van der Waals surface area (Å²) < 4.78 is 1.42. The smallest absolute Gasteiger partial charge is 0.140 e. The molecule has 2 nitrogen and oxygen atoms in total. The van der Waals surface area contributed by atoms with Crippen molar-refractivity contribution >= 4 is 56.6 Å². The molecule has 0 aromatic heterocycles. The molecule has 2 N–H and O–H groups in total. The molecule has 0 unspecified atom stereocenters. The van der Waals surface area contributed by atoms with E-state index in [1.807, 2.05) is 30.3 Å². The monoisotopic (exact) mass is 482 g/mol. The third-order valence-electron chi connectivity index (χ3n) is 4.77. The van der Waals surface area contributed by atoms with E-state index in [1.165, 1.54) is 20.9 Å². The Bertz CT molecular complexity index is 957. The average molecular weight is 483 g/mol. The Kier molecular flexibility index (Phi) is 9.40. The lowest BCUT2D eigenvalue weighted by atomic mass is 10.2. The topological polar surface area (TPSA) is 24.1 Å². The van der Waals surface area contributed by atoms with Gasteiger partial charge in [0.25, 0.3) is 0 Å². The van der Waals surface area contributed by atoms with Gasteiger partial charge in [-0.05, 0) is 41.7 Å². The van der Waals surface area contributed by atoms with Crippen LogP contribution in [0.3, 0.4) is 0 Å². The normalized spacial score (nSPS) is 10.7. The van der Waals surface area contributed by atoms with Gasteiger partial charge >= 0.3 is 0 Å². The van der Waals surface area contributed by atoms with Gasteiger partial charge < -0.3 is 10.6 Å². The minimum Gasteiger partial charge on any atom is -0.347 e. The van der Waals surface area contributed by atoms with Gasteiger partial charge in [-0.1, -0.05) is 129 Å². The first-order valence-electron chi connectivity index (χ1n) is 10.3. The van der Waals surface area contributed by atoms with Gasteiger partial charge in [0, 0.05) is 9.79 Å². The SMILES string of the molecule is CCc1ccccc1SC(=S)NC(NC(=S)Sc1ccccc1CC)c1ccccc1. The van der Waals surface area contributed by atoms with Crippen LogP contribution in [0.25, 0.3) is 0 Å². The molecule has 31 heavy (non-hydrogen) atoms. The van der Waals surface area contributed by atoms with Crippen molar-refractivity contribution in [2.45, 2.75) is 42.6 Å². The van der Waals surface area contributed by atoms with Crippen molar-refractivity contribution in [1.29, 1.82) is 0 Å². The van der Waals surface area contributed by atoms with Crippen LogP contribution in [0.4, 0.5) is 0 Å². The first kappa shape index (κ1) is 23.8. The summed E-state index contributed by atoms with van der Waals surface area (Å²) >= 11 is 14.6. The van der Waals surface area contributed by atoms with E-state index >= 15 is 0 Å². The molecule has 0 aliphatic heterocycles. The number of thiocarbonyl (C=S) groups is 2. The van der Waals surface area contributed by atoms with Gasteiger partial charge in [-0.3, -0.25) is 0 Å². The molecule has 0 fully saturated rings. The summed E-state index contributed by atoms with van der Waals surface area (Å²) in [7, 11) is 0. The van der Waals surface area contributed by atoms with Crippen molar-refractivity contribution in [3.05, 3.63) is 95.6 Å². The highest BCUT2D eigenvalue weighted by molar-refractivity contribution is 8.23. The molecule has 0 atom stereocenters. The number of thioether (sulfide) groups is 2. The van der Waals surface area contributed by atoms with Crippen LogP contribution < -0.4 is 10.6 Å². The van der Waals surface area contributed by atoms with Crippen molar-refractivity contribution in [3.63, 3.8) is 0 Å². The third-order valence-corrected chi connectivity index (χ3v) is 7.35. The van der Waals surface area contributed by atoms with Gasteiger partial charge in [0.05, 0.1) is 0 Å². The van der Waals surface area contributed by atoms with Crippen LogP contribution in [-0.4, -0.2) is 8.64 Å². The number of hydrogen-bond acceptors (Lipinski definition) is 4. The van der Waals surface area contributed by atoms with Crippen molar-refractivity contribution in [2.24, 2.45) is 0 Å². The molecule has 6 heteroatoms. The predicted octanol–water partition coefficient (Wildman–Crippen LogP) is 7.14. The molecule has 160 valence electrons. The van der Waals surface area contributed by atoms with E-state index in [0.29, 0.717) is 8.64 Å². The van der Waals surface area contributed by atoms with Gasteiger partial charge in [-0.25, -0.2) is 0 Å². The largest absolute Gasteiger partial charge is 0.347 e. The Balaban J connectivity index is 1.73. The van der Waals surface area contributed by atoms with Crippen LogP contribution in [0.1, 0.15) is 36.7 Å². The van der Waals surface area contributed by atoms with Gasteiger partial charge in [0.15, 0.2) is 0 Å². The van der Waals surface area contributed by atoms with E-state index in [4.69, 9.17) is 24.4 Å². The molecule has 0 amide bonds. The zero-order valence-corrected chi connectivity index (χ0v) is 20.9. The van der Waals surface area contributed by atoms with E-state index in [9.17, 15) is 0 Å². The lowest BCUT2D eigenvalue weighted by molar-refractivity contribution is 0.625. The zero-order chi connectivity index (χ0) is 22.1. The molecule has 0 bridgehead atoms. The van der Waals surface area contributed by atoms with E-state index in [0.717, 1.165) is 18.4 Å². The summed E-state index contributed by atoms with van der Waals surface area (Å²) in [4.78, 5) is 2.37. The Hall–Kier alpha value is -1.86. The third kappa shape index (κ3) is 7.07. The second-order valence-corrected chi connectivity index (χ2v) is 10.3. The van der Waals surface area contributed by atoms with Gasteiger partial charge in [0.1, 0.15) is 14.8 Å². The fourth-order valence-corrected chi connectivity index (χ4v) is 5.64. The minimum absolute atomic E-state index is 0.205. The molecule has 3 aromatic rings. The average Bonchev–Trinajstić information content (AvgIpc) is 2.80. The minimum atomic E-state index is -0.205. The van der Waals surface area contributed by atoms with Gasteiger partial charge in [-0.2, -0.15) is 0 Å². The highest BCUT2D eigenvalue weighted by Gasteiger charge is 2.16.